The second kappa shape index (κ2) is 34.4. The number of carbonyl (C=O) groups is 2. The number of ether oxygens (including phenoxy) is 2. The van der Waals surface area contributed by atoms with Gasteiger partial charge in [-0.05, 0) is 32.1 Å². The first-order valence-electron chi connectivity index (χ1n) is 18.8. The Morgan fingerprint density at radius 3 is 1.70 bits per heavy atom. The molecule has 0 bridgehead atoms. The van der Waals surface area contributed by atoms with Crippen LogP contribution in [0.5, 0.6) is 0 Å². The topological polar surface area (TPSA) is 134 Å². The fourth-order valence-electron chi connectivity index (χ4n) is 5.04. The summed E-state index contributed by atoms with van der Waals surface area (Å²) in [5.74, 6) is -0.904. The highest BCUT2D eigenvalue weighted by molar-refractivity contribution is 7.47. The van der Waals surface area contributed by atoms with Crippen molar-refractivity contribution in [1.82, 2.24) is 0 Å². The van der Waals surface area contributed by atoms with E-state index in [1.807, 2.05) is 12.2 Å². The molecule has 3 N–H and O–H groups in total. The molecule has 0 aliphatic heterocycles. The zero-order valence-corrected chi connectivity index (χ0v) is 30.9. The van der Waals surface area contributed by atoms with Crippen LogP contribution in [0.15, 0.2) is 24.3 Å². The van der Waals surface area contributed by atoms with E-state index in [2.05, 4.69) is 26.0 Å². The molecule has 0 aromatic heterocycles. The predicted octanol–water partition coefficient (Wildman–Crippen LogP) is 10.0. The van der Waals surface area contributed by atoms with Gasteiger partial charge in [-0.1, -0.05) is 147 Å². The van der Waals surface area contributed by atoms with Crippen LogP contribution < -0.4 is 5.73 Å². The second-order valence-electron chi connectivity index (χ2n) is 12.4. The van der Waals surface area contributed by atoms with Gasteiger partial charge in [0.2, 0.25) is 0 Å². The SMILES string of the molecule is CCCCCCCC/C=C/C/C=C/CCC(=O)OC(COC(=O)CCCCCCCCCCCCCCC)COP(=O)(O)OCCN. The Labute approximate surface area is 287 Å². The van der Waals surface area contributed by atoms with Gasteiger partial charge in [0.25, 0.3) is 0 Å². The number of unbranched alkanes of at least 4 members (excludes halogenated alkanes) is 18. The van der Waals surface area contributed by atoms with E-state index >= 15 is 0 Å². The molecule has 0 aromatic rings. The fraction of sp³-hybridized carbons (Fsp3) is 0.838. The molecule has 0 saturated heterocycles. The van der Waals surface area contributed by atoms with Gasteiger partial charge in [-0.15, -0.1) is 0 Å². The van der Waals surface area contributed by atoms with E-state index in [1.54, 1.807) is 0 Å². The van der Waals surface area contributed by atoms with Gasteiger partial charge in [-0.3, -0.25) is 18.6 Å². The minimum Gasteiger partial charge on any atom is -0.462 e. The molecular weight excluding hydrogens is 617 g/mol. The maximum atomic E-state index is 12.5. The quantitative estimate of drug-likeness (QED) is 0.0289. The Kier molecular flexibility index (Phi) is 33.3. The largest absolute Gasteiger partial charge is 0.472 e. The molecule has 9 nitrogen and oxygen atoms in total. The number of nitrogens with two attached hydrogens (primary N) is 1. The molecular formula is C37H70NO8P. The third-order valence-corrected chi connectivity index (χ3v) is 8.84. The van der Waals surface area contributed by atoms with Crippen LogP contribution in [0.4, 0.5) is 0 Å². The molecule has 0 amide bonds. The molecule has 47 heavy (non-hydrogen) atoms. The summed E-state index contributed by atoms with van der Waals surface area (Å²) in [6.07, 6.45) is 33.7. The first-order chi connectivity index (χ1) is 22.8. The van der Waals surface area contributed by atoms with Gasteiger partial charge in [-0.2, -0.15) is 0 Å². The van der Waals surface area contributed by atoms with Gasteiger partial charge in [-0.25, -0.2) is 4.57 Å². The van der Waals surface area contributed by atoms with Crippen molar-refractivity contribution in [2.24, 2.45) is 5.73 Å². The molecule has 0 saturated carbocycles. The van der Waals surface area contributed by atoms with Crippen molar-refractivity contribution in [3.05, 3.63) is 24.3 Å². The smallest absolute Gasteiger partial charge is 0.462 e. The Bertz CT molecular complexity index is 835. The molecule has 0 spiro atoms. The maximum Gasteiger partial charge on any atom is 0.472 e. The summed E-state index contributed by atoms with van der Waals surface area (Å²) < 4.78 is 32.5. The highest BCUT2D eigenvalue weighted by atomic mass is 31.2. The Morgan fingerprint density at radius 2 is 1.15 bits per heavy atom. The predicted molar refractivity (Wildman–Crippen MR) is 192 cm³/mol. The number of esters is 2. The average molecular weight is 688 g/mol. The van der Waals surface area contributed by atoms with Gasteiger partial charge in [0, 0.05) is 19.4 Å². The van der Waals surface area contributed by atoms with Crippen LogP contribution in [0, 0.1) is 0 Å². The van der Waals surface area contributed by atoms with E-state index in [4.69, 9.17) is 24.3 Å². The molecule has 0 aromatic carbocycles. The lowest BCUT2D eigenvalue weighted by Gasteiger charge is -2.19. The number of carbonyl (C=O) groups excluding carboxylic acids is 2. The molecule has 0 fully saturated rings. The van der Waals surface area contributed by atoms with Crippen molar-refractivity contribution in [2.45, 2.75) is 174 Å². The average Bonchev–Trinajstić information content (AvgIpc) is 3.05. The monoisotopic (exact) mass is 687 g/mol. The second-order valence-corrected chi connectivity index (χ2v) is 13.9. The van der Waals surface area contributed by atoms with E-state index < -0.39 is 32.5 Å². The van der Waals surface area contributed by atoms with Crippen molar-refractivity contribution < 1.29 is 37.6 Å². The van der Waals surface area contributed by atoms with E-state index in [0.29, 0.717) is 6.42 Å². The number of hydrogen-bond acceptors (Lipinski definition) is 8. The number of hydrogen-bond donors (Lipinski definition) is 2. The minimum absolute atomic E-state index is 0.0472. The summed E-state index contributed by atoms with van der Waals surface area (Å²) in [5.41, 5.74) is 5.32. The Morgan fingerprint density at radius 1 is 0.638 bits per heavy atom. The first-order valence-corrected chi connectivity index (χ1v) is 20.3. The van der Waals surface area contributed by atoms with Gasteiger partial charge in [0.1, 0.15) is 6.61 Å². The van der Waals surface area contributed by atoms with Crippen molar-refractivity contribution in [1.29, 1.82) is 0 Å². The molecule has 0 radical (unpaired) electrons. The zero-order valence-electron chi connectivity index (χ0n) is 30.0. The number of phosphoric acid groups is 1. The van der Waals surface area contributed by atoms with Crippen LogP contribution in [-0.4, -0.2) is 49.3 Å². The summed E-state index contributed by atoms with van der Waals surface area (Å²) in [5, 5.41) is 0. The number of allylic oxidation sites excluding steroid dienone is 4. The van der Waals surface area contributed by atoms with Crippen molar-refractivity contribution in [3.8, 4) is 0 Å². The van der Waals surface area contributed by atoms with Crippen molar-refractivity contribution >= 4 is 19.8 Å². The molecule has 0 heterocycles. The number of phosphoric ester groups is 1. The fourth-order valence-corrected chi connectivity index (χ4v) is 5.80. The zero-order chi connectivity index (χ0) is 34.7. The van der Waals surface area contributed by atoms with Gasteiger partial charge in [0.05, 0.1) is 13.2 Å². The lowest BCUT2D eigenvalue weighted by molar-refractivity contribution is -0.161. The van der Waals surface area contributed by atoms with Crippen LogP contribution in [0.2, 0.25) is 0 Å². The highest BCUT2D eigenvalue weighted by Crippen LogP contribution is 2.43. The normalized spacial score (nSPS) is 13.7. The van der Waals surface area contributed by atoms with Crippen LogP contribution in [0.25, 0.3) is 0 Å². The van der Waals surface area contributed by atoms with Gasteiger partial charge in [0.15, 0.2) is 6.10 Å². The minimum atomic E-state index is -4.38. The third kappa shape index (κ3) is 34.2. The molecule has 0 aliphatic carbocycles. The summed E-state index contributed by atoms with van der Waals surface area (Å²) in [6, 6.07) is 0. The molecule has 0 aliphatic rings. The van der Waals surface area contributed by atoms with Crippen LogP contribution in [-0.2, 0) is 32.7 Å². The van der Waals surface area contributed by atoms with Crippen LogP contribution >= 0.6 is 7.82 Å². The number of rotatable bonds is 35. The molecule has 10 heteroatoms. The summed E-state index contributed by atoms with van der Waals surface area (Å²) in [7, 11) is -4.38. The standard InChI is InChI=1S/C37H70NO8P/c1-3-5-7-9-11-13-15-17-19-21-23-25-27-29-36(39)43-33-35(34-45-47(41,42)44-32-31-38)46-37(40)30-28-26-24-22-20-18-16-14-12-10-8-6-4-2/h18,20,24,26,35H,3-17,19,21-23,25,27-34,38H2,1-2H3,(H,41,42)/b20-18+,26-24+. The van der Waals surface area contributed by atoms with Crippen LogP contribution in [0.3, 0.4) is 0 Å². The lowest BCUT2D eigenvalue weighted by Crippen LogP contribution is -2.29. The maximum absolute atomic E-state index is 12.5. The third-order valence-electron chi connectivity index (χ3n) is 7.85. The Balaban J connectivity index is 4.30. The summed E-state index contributed by atoms with van der Waals surface area (Å²) in [4.78, 5) is 34.6. The molecule has 276 valence electrons. The lowest BCUT2D eigenvalue weighted by atomic mass is 10.0. The van der Waals surface area contributed by atoms with Gasteiger partial charge >= 0.3 is 19.8 Å². The van der Waals surface area contributed by atoms with Gasteiger partial charge < -0.3 is 20.1 Å². The molecule has 2 unspecified atom stereocenters. The summed E-state index contributed by atoms with van der Waals surface area (Å²) in [6.45, 7) is 3.65. The van der Waals surface area contributed by atoms with Crippen LogP contribution in [0.1, 0.15) is 168 Å². The first kappa shape index (κ1) is 45.5. The van der Waals surface area contributed by atoms with E-state index in [9.17, 15) is 19.0 Å². The molecule has 2 atom stereocenters. The highest BCUT2D eigenvalue weighted by Gasteiger charge is 2.25. The van der Waals surface area contributed by atoms with E-state index in [-0.39, 0.29) is 32.6 Å². The molecule has 0 rings (SSSR count). The van der Waals surface area contributed by atoms with Crippen molar-refractivity contribution in [2.75, 3.05) is 26.4 Å². The summed E-state index contributed by atoms with van der Waals surface area (Å²) >= 11 is 0. The van der Waals surface area contributed by atoms with E-state index in [1.165, 1.54) is 103 Å². The van der Waals surface area contributed by atoms with E-state index in [0.717, 1.165) is 32.1 Å². The Hall–Kier alpha value is -1.51. The van der Waals surface area contributed by atoms with Crippen molar-refractivity contribution in [3.63, 3.8) is 0 Å².